The highest BCUT2D eigenvalue weighted by Gasteiger charge is 2.09. The maximum absolute atomic E-state index is 12.1. The summed E-state index contributed by atoms with van der Waals surface area (Å²) >= 11 is 3.44. The van der Waals surface area contributed by atoms with Gasteiger partial charge < -0.3 is 14.8 Å². The molecule has 2 aromatic rings. The van der Waals surface area contributed by atoms with Crippen LogP contribution in [0, 0.1) is 13.8 Å². The smallest absolute Gasteiger partial charge is 0.248 e. The monoisotopic (exact) mass is 389 g/mol. The van der Waals surface area contributed by atoms with Gasteiger partial charge in [0.05, 0.1) is 18.7 Å². The summed E-state index contributed by atoms with van der Waals surface area (Å²) in [5.41, 5.74) is 3.84. The number of amides is 1. The van der Waals surface area contributed by atoms with Crippen molar-refractivity contribution in [2.75, 3.05) is 19.5 Å². The lowest BCUT2D eigenvalue weighted by Gasteiger charge is -2.10. The molecule has 0 bridgehead atoms. The maximum Gasteiger partial charge on any atom is 0.248 e. The minimum atomic E-state index is -0.189. The van der Waals surface area contributed by atoms with Crippen molar-refractivity contribution in [2.45, 2.75) is 13.8 Å². The van der Waals surface area contributed by atoms with Gasteiger partial charge in [-0.15, -0.1) is 0 Å². The van der Waals surface area contributed by atoms with Crippen molar-refractivity contribution in [2.24, 2.45) is 0 Å². The van der Waals surface area contributed by atoms with Crippen molar-refractivity contribution >= 4 is 33.6 Å². The lowest BCUT2D eigenvalue weighted by Crippen LogP contribution is -2.08. The number of carbonyl (C=O) groups excluding carboxylic acids is 1. The van der Waals surface area contributed by atoms with Gasteiger partial charge in [0, 0.05) is 11.8 Å². The Labute approximate surface area is 150 Å². The van der Waals surface area contributed by atoms with Crippen LogP contribution >= 0.6 is 15.9 Å². The van der Waals surface area contributed by atoms with Crippen LogP contribution in [-0.2, 0) is 4.79 Å². The van der Waals surface area contributed by atoms with E-state index in [1.54, 1.807) is 20.3 Å². The summed E-state index contributed by atoms with van der Waals surface area (Å²) in [5, 5.41) is 2.87. The quantitative estimate of drug-likeness (QED) is 0.751. The highest BCUT2D eigenvalue weighted by molar-refractivity contribution is 9.10. The van der Waals surface area contributed by atoms with E-state index in [0.29, 0.717) is 11.5 Å². The van der Waals surface area contributed by atoms with Crippen LogP contribution in [0.4, 0.5) is 5.69 Å². The van der Waals surface area contributed by atoms with E-state index in [2.05, 4.69) is 27.3 Å². The van der Waals surface area contributed by atoms with Crippen molar-refractivity contribution < 1.29 is 14.3 Å². The molecule has 4 nitrogen and oxygen atoms in total. The van der Waals surface area contributed by atoms with Gasteiger partial charge in [-0.3, -0.25) is 4.79 Å². The molecule has 0 unspecified atom stereocenters. The summed E-state index contributed by atoms with van der Waals surface area (Å²) in [6.45, 7) is 4.00. The van der Waals surface area contributed by atoms with E-state index in [1.165, 1.54) is 6.08 Å². The van der Waals surface area contributed by atoms with E-state index in [0.717, 1.165) is 26.9 Å². The van der Waals surface area contributed by atoms with Crippen LogP contribution < -0.4 is 14.8 Å². The zero-order valence-corrected chi connectivity index (χ0v) is 15.7. The average molecular weight is 390 g/mol. The predicted molar refractivity (Wildman–Crippen MR) is 101 cm³/mol. The topological polar surface area (TPSA) is 47.6 Å². The van der Waals surface area contributed by atoms with Gasteiger partial charge >= 0.3 is 0 Å². The first-order valence-corrected chi connectivity index (χ1v) is 8.21. The SMILES string of the molecule is COc1cc(C=CC(=O)Nc2cc(C)cc(C)c2)cc(Br)c1OC. The number of halogens is 1. The number of benzene rings is 2. The van der Waals surface area contributed by atoms with Crippen molar-refractivity contribution in [1.82, 2.24) is 0 Å². The summed E-state index contributed by atoms with van der Waals surface area (Å²) in [7, 11) is 3.15. The van der Waals surface area contributed by atoms with E-state index >= 15 is 0 Å². The summed E-state index contributed by atoms with van der Waals surface area (Å²) in [6, 6.07) is 9.61. The Hall–Kier alpha value is -2.27. The van der Waals surface area contributed by atoms with Gasteiger partial charge in [-0.25, -0.2) is 0 Å². The Morgan fingerprint density at radius 2 is 1.71 bits per heavy atom. The molecule has 2 aromatic carbocycles. The molecule has 1 amide bonds. The Balaban J connectivity index is 2.15. The molecule has 0 radical (unpaired) electrons. The number of anilines is 1. The lowest BCUT2D eigenvalue weighted by molar-refractivity contribution is -0.111. The van der Waals surface area contributed by atoms with Crippen LogP contribution in [0.5, 0.6) is 11.5 Å². The number of hydrogen-bond acceptors (Lipinski definition) is 3. The molecule has 0 aliphatic heterocycles. The molecule has 126 valence electrons. The van der Waals surface area contributed by atoms with E-state index < -0.39 is 0 Å². The van der Waals surface area contributed by atoms with Crippen LogP contribution in [0.3, 0.4) is 0 Å². The fraction of sp³-hybridized carbons (Fsp3) is 0.211. The average Bonchev–Trinajstić information content (AvgIpc) is 2.51. The van der Waals surface area contributed by atoms with E-state index in [1.807, 2.05) is 38.1 Å². The molecule has 2 rings (SSSR count). The molecule has 5 heteroatoms. The van der Waals surface area contributed by atoms with Gasteiger partial charge in [0.25, 0.3) is 0 Å². The van der Waals surface area contributed by atoms with Gasteiger partial charge in [0.1, 0.15) is 0 Å². The van der Waals surface area contributed by atoms with Crippen molar-refractivity contribution in [3.63, 3.8) is 0 Å². The standard InChI is InChI=1S/C19H20BrNO3/c1-12-7-13(2)9-15(8-12)21-18(22)6-5-14-10-16(20)19(24-4)17(11-14)23-3/h5-11H,1-4H3,(H,21,22). The van der Waals surface area contributed by atoms with Crippen LogP contribution in [0.2, 0.25) is 0 Å². The van der Waals surface area contributed by atoms with Crippen molar-refractivity contribution in [3.8, 4) is 11.5 Å². The van der Waals surface area contributed by atoms with E-state index in [9.17, 15) is 4.79 Å². The number of aryl methyl sites for hydroxylation is 2. The first-order valence-electron chi connectivity index (χ1n) is 7.42. The van der Waals surface area contributed by atoms with Gasteiger partial charge in [-0.2, -0.15) is 0 Å². The highest BCUT2D eigenvalue weighted by atomic mass is 79.9. The molecular formula is C19H20BrNO3. The largest absolute Gasteiger partial charge is 0.493 e. The number of ether oxygens (including phenoxy) is 2. The third-order valence-corrected chi connectivity index (χ3v) is 3.96. The minimum absolute atomic E-state index is 0.189. The van der Waals surface area contributed by atoms with Gasteiger partial charge in [0.15, 0.2) is 11.5 Å². The van der Waals surface area contributed by atoms with Crippen LogP contribution in [0.1, 0.15) is 16.7 Å². The molecule has 0 atom stereocenters. The number of methoxy groups -OCH3 is 2. The van der Waals surface area contributed by atoms with Crippen LogP contribution in [-0.4, -0.2) is 20.1 Å². The molecule has 0 heterocycles. The molecule has 0 saturated carbocycles. The normalized spacial score (nSPS) is 10.7. The number of nitrogens with one attached hydrogen (secondary N) is 1. The molecule has 0 fully saturated rings. The summed E-state index contributed by atoms with van der Waals surface area (Å²) in [6.07, 6.45) is 3.22. The van der Waals surface area contributed by atoms with Gasteiger partial charge in [-0.05, 0) is 76.8 Å². The predicted octanol–water partition coefficient (Wildman–Crippen LogP) is 4.74. The molecule has 0 spiro atoms. The molecular weight excluding hydrogens is 370 g/mol. The lowest BCUT2D eigenvalue weighted by atomic mass is 10.1. The minimum Gasteiger partial charge on any atom is -0.493 e. The summed E-state index contributed by atoms with van der Waals surface area (Å²) in [5.74, 6) is 1.03. The van der Waals surface area contributed by atoms with E-state index in [-0.39, 0.29) is 5.91 Å². The summed E-state index contributed by atoms with van der Waals surface area (Å²) < 4.78 is 11.3. The molecule has 0 aliphatic rings. The second-order valence-corrected chi connectivity index (χ2v) is 6.29. The molecule has 24 heavy (non-hydrogen) atoms. The second-order valence-electron chi connectivity index (χ2n) is 5.44. The van der Waals surface area contributed by atoms with Crippen LogP contribution in [0.15, 0.2) is 40.9 Å². The maximum atomic E-state index is 12.1. The third-order valence-electron chi connectivity index (χ3n) is 3.37. The fourth-order valence-electron chi connectivity index (χ4n) is 2.44. The Morgan fingerprint density at radius 3 is 2.29 bits per heavy atom. The first-order chi connectivity index (χ1) is 11.4. The molecule has 0 saturated heterocycles. The number of carbonyl (C=O) groups is 1. The highest BCUT2D eigenvalue weighted by Crippen LogP contribution is 2.36. The Kier molecular flexibility index (Phi) is 6.04. The van der Waals surface area contributed by atoms with Gasteiger partial charge in [-0.1, -0.05) is 6.07 Å². The van der Waals surface area contributed by atoms with Crippen molar-refractivity contribution in [3.05, 3.63) is 57.6 Å². The number of hydrogen-bond donors (Lipinski definition) is 1. The molecule has 0 aromatic heterocycles. The van der Waals surface area contributed by atoms with Crippen LogP contribution in [0.25, 0.3) is 6.08 Å². The molecule has 0 aliphatic carbocycles. The van der Waals surface area contributed by atoms with E-state index in [4.69, 9.17) is 9.47 Å². The zero-order chi connectivity index (χ0) is 17.7. The Bertz CT molecular complexity index is 764. The van der Waals surface area contributed by atoms with Crippen molar-refractivity contribution in [1.29, 1.82) is 0 Å². The second kappa shape index (κ2) is 8.02. The summed E-state index contributed by atoms with van der Waals surface area (Å²) in [4.78, 5) is 12.1. The first kappa shape index (κ1) is 18.1. The third kappa shape index (κ3) is 4.61. The van der Waals surface area contributed by atoms with Gasteiger partial charge in [0.2, 0.25) is 5.91 Å². The zero-order valence-electron chi connectivity index (χ0n) is 14.1. The molecule has 1 N–H and O–H groups in total. The Morgan fingerprint density at radius 1 is 1.04 bits per heavy atom. The fourth-order valence-corrected chi connectivity index (χ4v) is 3.06. The number of rotatable bonds is 5.